The average Bonchev–Trinajstić information content (AvgIpc) is 3.28. The van der Waals surface area contributed by atoms with Crippen LogP contribution in [0.1, 0.15) is 29.9 Å². The third-order valence-electron chi connectivity index (χ3n) is 8.70. The highest BCUT2D eigenvalue weighted by Crippen LogP contribution is 2.66. The van der Waals surface area contributed by atoms with E-state index in [1.807, 2.05) is 6.08 Å². The number of benzene rings is 2. The molecule has 2 aliphatic heterocycles. The minimum atomic E-state index is -1.97. The molecule has 1 N–H and O–H groups in total. The zero-order chi connectivity index (χ0) is 28.7. The van der Waals surface area contributed by atoms with E-state index in [2.05, 4.69) is 38.4 Å². The number of halogens is 4. The lowest BCUT2D eigenvalue weighted by molar-refractivity contribution is -0.138. The summed E-state index contributed by atoms with van der Waals surface area (Å²) in [4.78, 5) is 53.4. The monoisotopic (exact) mass is 706 g/mol. The van der Waals surface area contributed by atoms with Crippen LogP contribution in [0.15, 0.2) is 65.2 Å². The fourth-order valence-electron chi connectivity index (χ4n) is 6.87. The minimum Gasteiger partial charge on any atom is -0.508 e. The van der Waals surface area contributed by atoms with Crippen molar-refractivity contribution in [2.24, 2.45) is 17.8 Å². The molecule has 3 fully saturated rings. The molecule has 0 spiro atoms. The first kappa shape index (κ1) is 27.7. The van der Waals surface area contributed by atoms with Gasteiger partial charge in [-0.1, -0.05) is 68.3 Å². The van der Waals surface area contributed by atoms with Gasteiger partial charge in [0.2, 0.25) is 11.8 Å². The number of imide groups is 2. The van der Waals surface area contributed by atoms with Crippen molar-refractivity contribution in [2.75, 3.05) is 10.4 Å². The Morgan fingerprint density at radius 1 is 1.02 bits per heavy atom. The second kappa shape index (κ2) is 9.54. The van der Waals surface area contributed by atoms with Crippen LogP contribution in [0.5, 0.6) is 5.75 Å². The van der Waals surface area contributed by atoms with Gasteiger partial charge in [-0.3, -0.25) is 29.0 Å². The molecular formula is C29H22Br2Cl2N2O5. The predicted molar refractivity (Wildman–Crippen MR) is 158 cm³/mol. The summed E-state index contributed by atoms with van der Waals surface area (Å²) in [6.07, 6.45) is 3.62. The average molecular weight is 709 g/mol. The number of hydrogen-bond acceptors (Lipinski definition) is 5. The summed E-state index contributed by atoms with van der Waals surface area (Å²) < 4.78 is 0.618. The van der Waals surface area contributed by atoms with Crippen molar-refractivity contribution >= 4 is 90.5 Å². The number of allylic oxidation sites excluding steroid dienone is 2. The van der Waals surface area contributed by atoms with Gasteiger partial charge in [-0.05, 0) is 54.7 Å². The number of phenolic OH excluding ortho intramolecular Hbond substituents is 1. The van der Waals surface area contributed by atoms with Crippen LogP contribution in [0.2, 0.25) is 0 Å². The van der Waals surface area contributed by atoms with E-state index in [0.717, 1.165) is 10.5 Å². The van der Waals surface area contributed by atoms with Crippen molar-refractivity contribution in [2.45, 2.75) is 28.5 Å². The zero-order valence-electron chi connectivity index (χ0n) is 20.8. The number of nitrogens with zero attached hydrogens (tertiary/aromatic N) is 2. The molecule has 40 heavy (non-hydrogen) atoms. The van der Waals surface area contributed by atoms with Crippen LogP contribution in [-0.4, -0.2) is 48.8 Å². The number of carbonyl (C=O) groups is 4. The van der Waals surface area contributed by atoms with Gasteiger partial charge in [-0.15, -0.1) is 23.2 Å². The number of alkyl halides is 3. The molecule has 2 aromatic rings. The van der Waals surface area contributed by atoms with Crippen LogP contribution in [0, 0.1) is 17.8 Å². The van der Waals surface area contributed by atoms with E-state index in [1.54, 1.807) is 42.5 Å². The molecular weight excluding hydrogens is 687 g/mol. The summed E-state index contributed by atoms with van der Waals surface area (Å²) in [6.45, 7) is 3.74. The maximum atomic E-state index is 14.0. The van der Waals surface area contributed by atoms with Crippen molar-refractivity contribution in [1.82, 2.24) is 4.90 Å². The van der Waals surface area contributed by atoms with Gasteiger partial charge < -0.3 is 5.11 Å². The van der Waals surface area contributed by atoms with Crippen LogP contribution in [0.3, 0.4) is 0 Å². The molecule has 0 aromatic heterocycles. The maximum Gasteiger partial charge on any atom is 0.254 e. The lowest BCUT2D eigenvalue weighted by Gasteiger charge is -2.50. The fraction of sp³-hybridized carbons (Fsp3) is 0.310. The molecule has 2 heterocycles. The summed E-state index contributed by atoms with van der Waals surface area (Å²) >= 11 is 21.0. The SMILES string of the molecule is C=Cc1ccc(N2C(=O)[C@H]3[C@H](CC=C4[C@H]3C[C@@]3(Cl)C(=O)N(CBr)C(=O)[C@@]3(Cl)[C@H]4c3cc(Br)ccc3O)C2=O)cc1. The van der Waals surface area contributed by atoms with Crippen LogP contribution in [0.25, 0.3) is 6.08 Å². The molecule has 11 heteroatoms. The van der Waals surface area contributed by atoms with Crippen molar-refractivity contribution in [3.05, 3.63) is 76.3 Å². The lowest BCUT2D eigenvalue weighted by Crippen LogP contribution is -2.60. The molecule has 6 atom stereocenters. The third kappa shape index (κ3) is 3.53. The standard InChI is InChI=1S/C29H22Br2Cl2N2O5/c1-2-14-3-6-16(7-4-14)35-24(37)18-9-8-17-20(22(18)25(35)38)12-28(32)26(39)34(13-30)27(40)29(28,33)23(17)19-11-15(31)5-10-21(19)36/h2-8,10-11,18,20,22-23,36H,1,9,12-13H2/t18-,20+,22-,23+,28+,29-/m0/s1. The lowest BCUT2D eigenvalue weighted by atomic mass is 9.56. The number of likely N-dealkylation sites (tertiary alicyclic amines) is 1. The van der Waals surface area contributed by atoms with E-state index in [-0.39, 0.29) is 30.0 Å². The van der Waals surface area contributed by atoms with Crippen molar-refractivity contribution < 1.29 is 24.3 Å². The van der Waals surface area contributed by atoms with E-state index in [4.69, 9.17) is 23.2 Å². The molecule has 1 saturated carbocycles. The van der Waals surface area contributed by atoms with E-state index < -0.39 is 51.1 Å². The Balaban J connectivity index is 1.52. The molecule has 0 unspecified atom stereocenters. The predicted octanol–water partition coefficient (Wildman–Crippen LogP) is 5.71. The molecule has 2 aliphatic carbocycles. The summed E-state index contributed by atoms with van der Waals surface area (Å²) in [7, 11) is 0. The topological polar surface area (TPSA) is 95.0 Å². The second-order valence-electron chi connectivity index (χ2n) is 10.5. The molecule has 2 aromatic carbocycles. The number of anilines is 1. The van der Waals surface area contributed by atoms with Crippen LogP contribution in [0.4, 0.5) is 5.69 Å². The molecule has 7 nitrogen and oxygen atoms in total. The number of carbonyl (C=O) groups excluding carboxylic acids is 4. The van der Waals surface area contributed by atoms with Crippen LogP contribution < -0.4 is 4.90 Å². The van der Waals surface area contributed by atoms with Gasteiger partial charge in [-0.2, -0.15) is 0 Å². The van der Waals surface area contributed by atoms with Gasteiger partial charge in [0, 0.05) is 16.0 Å². The minimum absolute atomic E-state index is 0.118. The molecule has 6 rings (SSSR count). The maximum absolute atomic E-state index is 14.0. The van der Waals surface area contributed by atoms with E-state index in [0.29, 0.717) is 21.3 Å². The fourth-order valence-corrected chi connectivity index (χ4v) is 8.67. The highest BCUT2D eigenvalue weighted by atomic mass is 79.9. The largest absolute Gasteiger partial charge is 0.508 e. The number of phenols is 1. The molecule has 4 aliphatic rings. The number of amides is 4. The molecule has 4 amide bonds. The zero-order valence-corrected chi connectivity index (χ0v) is 25.5. The quantitative estimate of drug-likeness (QED) is 0.190. The highest BCUT2D eigenvalue weighted by Gasteiger charge is 2.76. The Labute approximate surface area is 257 Å². The van der Waals surface area contributed by atoms with Crippen LogP contribution >= 0.6 is 55.1 Å². The number of rotatable bonds is 4. The second-order valence-corrected chi connectivity index (χ2v) is 13.2. The Kier molecular flexibility index (Phi) is 6.61. The first-order chi connectivity index (χ1) is 19.0. The van der Waals surface area contributed by atoms with Gasteiger partial charge in [0.15, 0.2) is 9.75 Å². The molecule has 0 radical (unpaired) electrons. The molecule has 206 valence electrons. The van der Waals surface area contributed by atoms with Crippen molar-refractivity contribution in [3.8, 4) is 5.75 Å². The Hall–Kier alpha value is -2.46. The Morgan fingerprint density at radius 3 is 2.38 bits per heavy atom. The van der Waals surface area contributed by atoms with Crippen LogP contribution in [-0.2, 0) is 19.2 Å². The number of hydrogen-bond donors (Lipinski definition) is 1. The third-order valence-corrected chi connectivity index (χ3v) is 11.1. The summed E-state index contributed by atoms with van der Waals surface area (Å²) in [6, 6.07) is 11.7. The number of aromatic hydroxyl groups is 1. The van der Waals surface area contributed by atoms with Gasteiger partial charge in [0.1, 0.15) is 5.75 Å². The van der Waals surface area contributed by atoms with Crippen molar-refractivity contribution in [3.63, 3.8) is 0 Å². The number of fused-ring (bicyclic) bond motifs is 4. The van der Waals surface area contributed by atoms with Gasteiger partial charge in [0.25, 0.3) is 11.8 Å². The van der Waals surface area contributed by atoms with Gasteiger partial charge in [0.05, 0.1) is 23.0 Å². The van der Waals surface area contributed by atoms with E-state index in [1.165, 1.54) is 11.0 Å². The molecule has 0 bridgehead atoms. The first-order valence-corrected chi connectivity index (χ1v) is 15.3. The summed E-state index contributed by atoms with van der Waals surface area (Å²) in [5.74, 6) is -5.42. The summed E-state index contributed by atoms with van der Waals surface area (Å²) in [5.41, 5.74) is 2.08. The molecule has 2 saturated heterocycles. The Bertz CT molecular complexity index is 1550. The Morgan fingerprint density at radius 2 is 1.73 bits per heavy atom. The van der Waals surface area contributed by atoms with E-state index >= 15 is 0 Å². The van der Waals surface area contributed by atoms with E-state index in [9.17, 15) is 24.3 Å². The normalized spacial score (nSPS) is 33.0. The first-order valence-electron chi connectivity index (χ1n) is 12.6. The van der Waals surface area contributed by atoms with Crippen molar-refractivity contribution in [1.29, 1.82) is 0 Å². The summed E-state index contributed by atoms with van der Waals surface area (Å²) in [5, 5.41) is 11.0. The van der Waals surface area contributed by atoms with Gasteiger partial charge >= 0.3 is 0 Å². The highest BCUT2D eigenvalue weighted by molar-refractivity contribution is 9.10. The smallest absolute Gasteiger partial charge is 0.254 e. The van der Waals surface area contributed by atoms with Gasteiger partial charge in [-0.25, -0.2) is 0 Å².